The fraction of sp³-hybridized carbons (Fsp3) is 0.939. The second kappa shape index (κ2) is 10.2. The van der Waals surface area contributed by atoms with Crippen LogP contribution in [0.5, 0.6) is 0 Å². The average Bonchev–Trinajstić information content (AvgIpc) is 3.13. The largest absolute Gasteiger partial charge is 0.466 e. The molecule has 7 heteroatoms. The number of ether oxygens (including phenoxy) is 1. The Morgan fingerprint density at radius 1 is 0.925 bits per heavy atom. The Hall–Kier alpha value is -0.666. The molecular weight excluding hydrogens is 531 g/mol. The van der Waals surface area contributed by atoms with Gasteiger partial charge in [-0.05, 0) is 97.2 Å². The van der Waals surface area contributed by atoms with Crippen LogP contribution in [0, 0.1) is 34.5 Å². The fourth-order valence-electron chi connectivity index (χ4n) is 9.11. The zero-order valence-electron chi connectivity index (χ0n) is 28.2. The summed E-state index contributed by atoms with van der Waals surface area (Å²) in [5.74, 6) is 1.36. The predicted molar refractivity (Wildman–Crippen MR) is 169 cm³/mol. The number of rotatable bonds is 5. The van der Waals surface area contributed by atoms with E-state index < -0.39 is 16.6 Å². The lowest BCUT2D eigenvalue weighted by atomic mass is 9.45. The molecule has 0 N–H and O–H groups in total. The third kappa shape index (κ3) is 4.90. The molecule has 3 unspecified atom stereocenters. The highest BCUT2D eigenvalue weighted by molar-refractivity contribution is 6.79. The quantitative estimate of drug-likeness (QED) is 0.238. The summed E-state index contributed by atoms with van der Waals surface area (Å²) in [7, 11) is -4.06. The Morgan fingerprint density at radius 3 is 2.08 bits per heavy atom. The maximum Gasteiger partial charge on any atom is 0.309 e. The van der Waals surface area contributed by atoms with E-state index in [9.17, 15) is 9.59 Å². The summed E-state index contributed by atoms with van der Waals surface area (Å²) in [5, 5.41) is 0.238. The first kappa shape index (κ1) is 32.3. The van der Waals surface area contributed by atoms with Gasteiger partial charge in [0.15, 0.2) is 16.6 Å². The van der Waals surface area contributed by atoms with Gasteiger partial charge in [0.1, 0.15) is 0 Å². The first-order valence-corrected chi connectivity index (χ1v) is 22.2. The van der Waals surface area contributed by atoms with Gasteiger partial charge in [-0.2, -0.15) is 0 Å². The molecular formula is C33H61NO4Si2. The van der Waals surface area contributed by atoms with E-state index in [1.807, 2.05) is 6.92 Å². The first-order valence-electron chi connectivity index (χ1n) is 16.3. The third-order valence-electron chi connectivity index (χ3n) is 13.5. The van der Waals surface area contributed by atoms with Crippen LogP contribution < -0.4 is 0 Å². The second-order valence-corrected chi connectivity index (χ2v) is 27.3. The zero-order valence-corrected chi connectivity index (χ0v) is 30.2. The van der Waals surface area contributed by atoms with Gasteiger partial charge in [-0.1, -0.05) is 68.5 Å². The van der Waals surface area contributed by atoms with Gasteiger partial charge in [0.25, 0.3) is 0 Å². The molecule has 3 saturated carbocycles. The lowest BCUT2D eigenvalue weighted by Gasteiger charge is -2.66. The summed E-state index contributed by atoms with van der Waals surface area (Å²) >= 11 is 0. The van der Waals surface area contributed by atoms with Crippen molar-refractivity contribution in [2.24, 2.45) is 34.5 Å². The summed E-state index contributed by atoms with van der Waals surface area (Å²) in [5.41, 5.74) is 0.130. The monoisotopic (exact) mass is 591 g/mol. The van der Waals surface area contributed by atoms with Crippen molar-refractivity contribution in [3.8, 4) is 0 Å². The molecule has 8 atom stereocenters. The van der Waals surface area contributed by atoms with E-state index >= 15 is 0 Å². The number of hydrogen-bond donors (Lipinski definition) is 0. The molecule has 1 heterocycles. The molecule has 1 saturated heterocycles. The van der Waals surface area contributed by atoms with Crippen molar-refractivity contribution in [2.45, 2.75) is 156 Å². The van der Waals surface area contributed by atoms with Gasteiger partial charge in [0.05, 0.1) is 18.6 Å². The SMILES string of the molecule is CCOC(=O)C1CC2N([Si](C)(C)C(C)(C)C)C(=O)CC[C@]2(C)[C@@H]2CC[C@]3(C)C(O[Si](C)(C)C(C)(C)C)CC[C@H]3[C@H]12. The van der Waals surface area contributed by atoms with E-state index in [0.717, 1.165) is 38.5 Å². The van der Waals surface area contributed by atoms with Crippen LogP contribution >= 0.6 is 0 Å². The van der Waals surface area contributed by atoms with Crippen molar-refractivity contribution in [3.63, 3.8) is 0 Å². The van der Waals surface area contributed by atoms with Crippen LogP contribution in [0.3, 0.4) is 0 Å². The summed E-state index contributed by atoms with van der Waals surface area (Å²) < 4.78 is 15.4. The lowest BCUT2D eigenvalue weighted by molar-refractivity contribution is -0.181. The van der Waals surface area contributed by atoms with E-state index in [2.05, 4.69) is 86.1 Å². The number of fused-ring (bicyclic) bond motifs is 5. The molecule has 0 bridgehead atoms. The van der Waals surface area contributed by atoms with E-state index in [0.29, 0.717) is 36.7 Å². The Balaban J connectivity index is 1.76. The Labute approximate surface area is 248 Å². The molecule has 230 valence electrons. The smallest absolute Gasteiger partial charge is 0.309 e. The van der Waals surface area contributed by atoms with Crippen molar-refractivity contribution >= 4 is 28.4 Å². The van der Waals surface area contributed by atoms with Crippen LogP contribution in [0.1, 0.15) is 107 Å². The summed E-state index contributed by atoms with van der Waals surface area (Å²) in [6.07, 6.45) is 7.14. The molecule has 40 heavy (non-hydrogen) atoms. The number of hydrogen-bond acceptors (Lipinski definition) is 4. The van der Waals surface area contributed by atoms with Crippen LogP contribution in [0.2, 0.25) is 36.3 Å². The zero-order chi connectivity index (χ0) is 30.3. The van der Waals surface area contributed by atoms with Crippen LogP contribution in [0.15, 0.2) is 0 Å². The number of carbonyl (C=O) groups excluding carboxylic acids is 2. The molecule has 0 spiro atoms. The molecule has 0 aromatic rings. The van der Waals surface area contributed by atoms with Gasteiger partial charge in [-0.15, -0.1) is 0 Å². The highest BCUT2D eigenvalue weighted by Crippen LogP contribution is 2.67. The van der Waals surface area contributed by atoms with Gasteiger partial charge in [0, 0.05) is 12.5 Å². The molecule has 0 aromatic carbocycles. The van der Waals surface area contributed by atoms with Crippen molar-refractivity contribution in [1.82, 2.24) is 4.57 Å². The maximum atomic E-state index is 13.9. The minimum atomic E-state index is -2.14. The van der Waals surface area contributed by atoms with Crippen LogP contribution in [0.25, 0.3) is 0 Å². The number of esters is 1. The van der Waals surface area contributed by atoms with Gasteiger partial charge in [-0.25, -0.2) is 0 Å². The summed E-state index contributed by atoms with van der Waals surface area (Å²) in [4.78, 5) is 27.6. The van der Waals surface area contributed by atoms with E-state index in [-0.39, 0.29) is 44.9 Å². The highest BCUT2D eigenvalue weighted by Gasteiger charge is 2.67. The van der Waals surface area contributed by atoms with Gasteiger partial charge < -0.3 is 13.7 Å². The molecule has 1 amide bonds. The van der Waals surface area contributed by atoms with Gasteiger partial charge in [0.2, 0.25) is 5.91 Å². The summed E-state index contributed by atoms with van der Waals surface area (Å²) in [6, 6.07) is 0.121. The van der Waals surface area contributed by atoms with Crippen LogP contribution in [-0.2, 0) is 18.8 Å². The Bertz CT molecular complexity index is 997. The van der Waals surface area contributed by atoms with Gasteiger partial charge in [-0.3, -0.25) is 9.59 Å². The minimum Gasteiger partial charge on any atom is -0.466 e. The minimum absolute atomic E-state index is 0.0224. The van der Waals surface area contributed by atoms with Gasteiger partial charge >= 0.3 is 5.97 Å². The van der Waals surface area contributed by atoms with Crippen molar-refractivity contribution in [3.05, 3.63) is 0 Å². The van der Waals surface area contributed by atoms with Crippen molar-refractivity contribution in [2.75, 3.05) is 6.61 Å². The molecule has 4 fully saturated rings. The Kier molecular flexibility index (Phi) is 8.23. The molecule has 1 aliphatic heterocycles. The lowest BCUT2D eigenvalue weighted by Crippen LogP contribution is -2.71. The van der Waals surface area contributed by atoms with Crippen molar-refractivity contribution in [1.29, 1.82) is 0 Å². The molecule has 0 radical (unpaired) electrons. The Morgan fingerprint density at radius 2 is 1.52 bits per heavy atom. The number of carbonyl (C=O) groups is 2. The molecule has 4 aliphatic rings. The highest BCUT2D eigenvalue weighted by atomic mass is 28.4. The second-order valence-electron chi connectivity index (χ2n) is 17.5. The van der Waals surface area contributed by atoms with Crippen LogP contribution in [-0.4, -0.2) is 51.7 Å². The topological polar surface area (TPSA) is 55.8 Å². The standard InChI is InChI=1S/C33H61NO4Si2/c1-14-37-29(36)22-21-25-32(8,20-18-27(35)34(25)39(10,11)30(2,3)4)24-17-19-33(9)23(28(22)24)15-16-26(33)38-40(12,13)31(5,6)7/h22-26,28H,14-21H2,1-13H3/t22?,23-,24+,25?,26?,28-,32+,33-/m0/s1. The fourth-order valence-corrected chi connectivity index (χ4v) is 13.2. The average molecular weight is 592 g/mol. The molecule has 0 aromatic heterocycles. The predicted octanol–water partition coefficient (Wildman–Crippen LogP) is 8.40. The summed E-state index contributed by atoms with van der Waals surface area (Å²) in [6.45, 7) is 30.8. The molecule has 3 aliphatic carbocycles. The van der Waals surface area contributed by atoms with Crippen molar-refractivity contribution < 1.29 is 18.8 Å². The van der Waals surface area contributed by atoms with Crippen LogP contribution in [0.4, 0.5) is 0 Å². The number of amides is 1. The normalized spacial score (nSPS) is 38.9. The maximum absolute atomic E-state index is 13.9. The third-order valence-corrected chi connectivity index (χ3v) is 23.4. The molecule has 5 nitrogen and oxygen atoms in total. The number of nitrogens with zero attached hydrogens (tertiary/aromatic N) is 1. The van der Waals surface area contributed by atoms with E-state index in [4.69, 9.17) is 9.16 Å². The first-order chi connectivity index (χ1) is 18.1. The van der Waals surface area contributed by atoms with E-state index in [1.165, 1.54) is 0 Å². The van der Waals surface area contributed by atoms with E-state index in [1.54, 1.807) is 0 Å². The number of piperidine rings is 1. The molecule has 4 rings (SSSR count).